The van der Waals surface area contributed by atoms with Crippen LogP contribution in [0.3, 0.4) is 0 Å². The molecule has 0 bridgehead atoms. The molecule has 0 fully saturated rings. The first-order chi connectivity index (χ1) is 11.4. The second-order valence-electron chi connectivity index (χ2n) is 5.80. The van der Waals surface area contributed by atoms with E-state index in [2.05, 4.69) is 5.32 Å². The van der Waals surface area contributed by atoms with Gasteiger partial charge in [-0.05, 0) is 12.0 Å². The molecule has 132 valence electrons. The first-order valence-corrected chi connectivity index (χ1v) is 8.23. The van der Waals surface area contributed by atoms with E-state index in [1.165, 1.54) is 6.92 Å². The molecule has 0 aromatic heterocycles. The van der Waals surface area contributed by atoms with Crippen molar-refractivity contribution in [2.75, 3.05) is 13.1 Å². The molecule has 1 aromatic rings. The van der Waals surface area contributed by atoms with Crippen molar-refractivity contribution in [2.45, 2.75) is 39.7 Å². The van der Waals surface area contributed by atoms with Crippen molar-refractivity contribution in [3.8, 4) is 0 Å². The van der Waals surface area contributed by atoms with E-state index in [0.29, 0.717) is 19.5 Å². The van der Waals surface area contributed by atoms with Crippen molar-refractivity contribution < 1.29 is 19.5 Å². The number of carboxylic acid groups (broad SMARTS) is 1. The third kappa shape index (κ3) is 7.26. The molecular formula is C18H26N2O4. The van der Waals surface area contributed by atoms with Gasteiger partial charge in [0.2, 0.25) is 11.8 Å². The van der Waals surface area contributed by atoms with E-state index >= 15 is 0 Å². The molecule has 1 aromatic carbocycles. The molecule has 0 aliphatic rings. The first-order valence-electron chi connectivity index (χ1n) is 8.23. The van der Waals surface area contributed by atoms with Crippen molar-refractivity contribution >= 4 is 17.8 Å². The molecule has 0 aliphatic heterocycles. The molecule has 2 N–H and O–H groups in total. The lowest BCUT2D eigenvalue weighted by molar-refractivity contribution is -0.142. The summed E-state index contributed by atoms with van der Waals surface area (Å²) < 4.78 is 0. The average Bonchev–Trinajstić information content (AvgIpc) is 2.55. The van der Waals surface area contributed by atoms with Crippen LogP contribution in [-0.4, -0.2) is 40.9 Å². The molecule has 2 amide bonds. The number of nitrogens with zero attached hydrogens (tertiary/aromatic N) is 1. The first kappa shape index (κ1) is 19.7. The Hall–Kier alpha value is -2.37. The van der Waals surface area contributed by atoms with Gasteiger partial charge in [0, 0.05) is 33.0 Å². The summed E-state index contributed by atoms with van der Waals surface area (Å²) in [4.78, 5) is 36.3. The van der Waals surface area contributed by atoms with E-state index in [1.807, 2.05) is 37.3 Å². The van der Waals surface area contributed by atoms with Gasteiger partial charge in [-0.3, -0.25) is 14.4 Å². The van der Waals surface area contributed by atoms with Crippen LogP contribution < -0.4 is 5.32 Å². The lowest BCUT2D eigenvalue weighted by Crippen LogP contribution is -2.36. The van der Waals surface area contributed by atoms with Gasteiger partial charge in [-0.15, -0.1) is 0 Å². The zero-order chi connectivity index (χ0) is 17.9. The number of hydrogen-bond acceptors (Lipinski definition) is 3. The Kier molecular flexibility index (Phi) is 8.54. The van der Waals surface area contributed by atoms with Crippen LogP contribution in [0.1, 0.15) is 38.7 Å². The van der Waals surface area contributed by atoms with Crippen LogP contribution in [0.15, 0.2) is 30.3 Å². The number of hydrogen-bond donors (Lipinski definition) is 2. The number of amides is 2. The molecule has 0 heterocycles. The molecule has 0 spiro atoms. The fourth-order valence-corrected chi connectivity index (χ4v) is 2.37. The van der Waals surface area contributed by atoms with Gasteiger partial charge < -0.3 is 15.3 Å². The number of aliphatic carboxylic acids is 1. The van der Waals surface area contributed by atoms with Crippen LogP contribution in [0.25, 0.3) is 0 Å². The minimum absolute atomic E-state index is 0.0963. The minimum atomic E-state index is -0.897. The molecular weight excluding hydrogens is 308 g/mol. The third-order valence-electron chi connectivity index (χ3n) is 3.80. The summed E-state index contributed by atoms with van der Waals surface area (Å²) in [6.07, 6.45) is 1.44. The topological polar surface area (TPSA) is 86.7 Å². The molecule has 0 aliphatic carbocycles. The van der Waals surface area contributed by atoms with Gasteiger partial charge in [0.15, 0.2) is 0 Å². The van der Waals surface area contributed by atoms with Crippen LogP contribution >= 0.6 is 0 Å². The van der Waals surface area contributed by atoms with E-state index in [9.17, 15) is 14.4 Å². The summed E-state index contributed by atoms with van der Waals surface area (Å²) in [5, 5.41) is 11.7. The highest BCUT2D eigenvalue weighted by molar-refractivity contribution is 5.79. The smallest absolute Gasteiger partial charge is 0.308 e. The lowest BCUT2D eigenvalue weighted by Gasteiger charge is -2.21. The Morgan fingerprint density at radius 1 is 1.21 bits per heavy atom. The second-order valence-corrected chi connectivity index (χ2v) is 5.80. The van der Waals surface area contributed by atoms with E-state index in [4.69, 9.17) is 5.11 Å². The predicted octanol–water partition coefficient (Wildman–Crippen LogP) is 2.04. The van der Waals surface area contributed by atoms with Crippen LogP contribution in [0, 0.1) is 5.92 Å². The van der Waals surface area contributed by atoms with Crippen molar-refractivity contribution in [3.63, 3.8) is 0 Å². The fraction of sp³-hybridized carbons (Fsp3) is 0.500. The van der Waals surface area contributed by atoms with Gasteiger partial charge >= 0.3 is 5.97 Å². The number of benzene rings is 1. The summed E-state index contributed by atoms with van der Waals surface area (Å²) >= 11 is 0. The maximum atomic E-state index is 11.9. The molecule has 6 nitrogen and oxygen atoms in total. The van der Waals surface area contributed by atoms with E-state index in [1.54, 1.807) is 4.90 Å². The zero-order valence-electron chi connectivity index (χ0n) is 14.3. The van der Waals surface area contributed by atoms with Crippen LogP contribution in [0.2, 0.25) is 0 Å². The number of carboxylic acids is 1. The Bertz CT molecular complexity index is 545. The van der Waals surface area contributed by atoms with E-state index in [-0.39, 0.29) is 24.8 Å². The van der Waals surface area contributed by atoms with Crippen molar-refractivity contribution in [1.29, 1.82) is 0 Å². The molecule has 6 heteroatoms. The molecule has 0 saturated carbocycles. The van der Waals surface area contributed by atoms with Crippen LogP contribution in [-0.2, 0) is 20.9 Å². The molecule has 1 atom stereocenters. The molecule has 1 rings (SSSR count). The predicted molar refractivity (Wildman–Crippen MR) is 91.2 cm³/mol. The zero-order valence-corrected chi connectivity index (χ0v) is 14.3. The third-order valence-corrected chi connectivity index (χ3v) is 3.80. The van der Waals surface area contributed by atoms with Gasteiger partial charge in [-0.2, -0.15) is 0 Å². The summed E-state index contributed by atoms with van der Waals surface area (Å²) in [7, 11) is 0. The highest BCUT2D eigenvalue weighted by Gasteiger charge is 2.18. The molecule has 0 saturated heterocycles. The standard InChI is InChI=1S/C18H26N2O4/c1-3-7-16(18(23)24)12-19-17(22)10-11-20(14(2)21)13-15-8-5-4-6-9-15/h4-6,8-9,16H,3,7,10-13H2,1-2H3,(H,19,22)(H,23,24). The summed E-state index contributed by atoms with van der Waals surface area (Å²) in [5.41, 5.74) is 1.00. The van der Waals surface area contributed by atoms with E-state index < -0.39 is 11.9 Å². The fourth-order valence-electron chi connectivity index (χ4n) is 2.37. The molecule has 1 unspecified atom stereocenters. The van der Waals surface area contributed by atoms with Gasteiger partial charge in [-0.25, -0.2) is 0 Å². The summed E-state index contributed by atoms with van der Waals surface area (Å²) in [6, 6.07) is 9.57. The summed E-state index contributed by atoms with van der Waals surface area (Å²) in [5.74, 6) is -1.79. The van der Waals surface area contributed by atoms with Crippen molar-refractivity contribution in [3.05, 3.63) is 35.9 Å². The lowest BCUT2D eigenvalue weighted by atomic mass is 10.0. The van der Waals surface area contributed by atoms with Gasteiger partial charge in [0.25, 0.3) is 0 Å². The maximum Gasteiger partial charge on any atom is 0.308 e. The second kappa shape index (κ2) is 10.4. The number of carbonyl (C=O) groups is 3. The van der Waals surface area contributed by atoms with Gasteiger partial charge in [-0.1, -0.05) is 43.7 Å². The van der Waals surface area contributed by atoms with Gasteiger partial charge in [0.05, 0.1) is 5.92 Å². The Morgan fingerprint density at radius 2 is 1.88 bits per heavy atom. The van der Waals surface area contributed by atoms with Crippen LogP contribution in [0.4, 0.5) is 0 Å². The molecule has 0 radical (unpaired) electrons. The van der Waals surface area contributed by atoms with Gasteiger partial charge in [0.1, 0.15) is 0 Å². The molecule has 24 heavy (non-hydrogen) atoms. The number of nitrogens with one attached hydrogen (secondary N) is 1. The number of carbonyl (C=O) groups excluding carboxylic acids is 2. The quantitative estimate of drug-likeness (QED) is 0.685. The van der Waals surface area contributed by atoms with Crippen molar-refractivity contribution in [1.82, 2.24) is 10.2 Å². The maximum absolute atomic E-state index is 11.9. The van der Waals surface area contributed by atoms with Crippen LogP contribution in [0.5, 0.6) is 0 Å². The SMILES string of the molecule is CCCC(CNC(=O)CCN(Cc1ccccc1)C(C)=O)C(=O)O. The highest BCUT2D eigenvalue weighted by Crippen LogP contribution is 2.07. The Labute approximate surface area is 142 Å². The van der Waals surface area contributed by atoms with Crippen molar-refractivity contribution in [2.24, 2.45) is 5.92 Å². The Balaban J connectivity index is 2.44. The summed E-state index contributed by atoms with van der Waals surface area (Å²) in [6.45, 7) is 4.27. The number of rotatable bonds is 10. The minimum Gasteiger partial charge on any atom is -0.481 e. The highest BCUT2D eigenvalue weighted by atomic mass is 16.4. The normalized spacial score (nSPS) is 11.6. The van der Waals surface area contributed by atoms with E-state index in [0.717, 1.165) is 12.0 Å². The monoisotopic (exact) mass is 334 g/mol. The Morgan fingerprint density at radius 3 is 2.42 bits per heavy atom. The average molecular weight is 334 g/mol. The largest absolute Gasteiger partial charge is 0.481 e.